The predicted molar refractivity (Wildman–Crippen MR) is 253 cm³/mol. The quantitative estimate of drug-likeness (QED) is 0.0726. The van der Waals surface area contributed by atoms with Gasteiger partial charge < -0.3 is 43.3 Å². The molecule has 352 valence electrons. The Morgan fingerprint density at radius 1 is 0.857 bits per heavy atom. The number of nitrogens with one attached hydrogen (secondary N) is 3. The summed E-state index contributed by atoms with van der Waals surface area (Å²) < 4.78 is 20.6. The number of likely N-dealkylation sites (N-methyl/N-ethyl adjacent to an activating group) is 2. The second-order valence-electron chi connectivity index (χ2n) is 17.6. The number of aliphatic hydroxyl groups is 1. The first-order chi connectivity index (χ1) is 29.8. The minimum absolute atomic E-state index is 0.0253. The number of carbonyl (C=O) groups is 5. The van der Waals surface area contributed by atoms with Crippen LogP contribution in [0.15, 0.2) is 54.6 Å². The van der Waals surface area contributed by atoms with Crippen molar-refractivity contribution >= 4 is 58.3 Å². The molecule has 1 saturated heterocycles. The number of halogens is 1. The lowest BCUT2D eigenvalue weighted by molar-refractivity contribution is -0.148. The number of carbonyl (C=O) groups excluding carboxylic acids is 5. The summed E-state index contributed by atoms with van der Waals surface area (Å²) in [4.78, 5) is 74.3. The number of methoxy groups -OCH3 is 2. The van der Waals surface area contributed by atoms with Gasteiger partial charge in [0, 0.05) is 40.5 Å². The van der Waals surface area contributed by atoms with Crippen LogP contribution < -0.4 is 14.2 Å². The lowest BCUT2D eigenvalue weighted by atomic mass is 9.89. The van der Waals surface area contributed by atoms with Crippen LogP contribution >= 0.6 is 22.9 Å². The average molecular weight is 993 g/mol. The molecular weight excluding hydrogens is 919 g/mol. The van der Waals surface area contributed by atoms with E-state index in [0.29, 0.717) is 24.9 Å². The van der Waals surface area contributed by atoms with Crippen LogP contribution in [0.2, 0.25) is 0 Å². The molecule has 0 bridgehead atoms. The molecule has 0 saturated carbocycles. The number of rotatable bonds is 23. The van der Waals surface area contributed by atoms with Gasteiger partial charge in [-0.15, -0.1) is 0 Å². The van der Waals surface area contributed by atoms with Crippen molar-refractivity contribution in [3.8, 4) is 0 Å². The Balaban J connectivity index is 1.75. The topological polar surface area (TPSA) is 179 Å². The van der Waals surface area contributed by atoms with Crippen LogP contribution in [0, 0.1) is 23.7 Å². The van der Waals surface area contributed by atoms with Crippen molar-refractivity contribution in [3.63, 3.8) is 0 Å². The first-order valence-electron chi connectivity index (χ1n) is 22.1. The average Bonchev–Trinajstić information content (AvgIpc) is 3.76. The van der Waals surface area contributed by atoms with Crippen molar-refractivity contribution in [3.05, 3.63) is 65.7 Å². The minimum atomic E-state index is -0.951. The highest BCUT2D eigenvalue weighted by molar-refractivity contribution is 14.1. The lowest BCUT2D eigenvalue weighted by Gasteiger charge is -2.41. The van der Waals surface area contributed by atoms with Crippen molar-refractivity contribution in [1.82, 2.24) is 25.3 Å². The van der Waals surface area contributed by atoms with E-state index in [4.69, 9.17) is 14.2 Å². The molecule has 1 fully saturated rings. The molecule has 16 heteroatoms. The van der Waals surface area contributed by atoms with Gasteiger partial charge in [-0.1, -0.05) is 97.4 Å². The number of hydrogen-bond donors (Lipinski definition) is 4. The second kappa shape index (κ2) is 25.5. The Hall–Kier alpha value is -4.00. The van der Waals surface area contributed by atoms with E-state index < -0.39 is 60.4 Å². The Labute approximate surface area is 389 Å². The number of hydrogen-bond acceptors (Lipinski definition) is 10. The molecule has 2 aromatic carbocycles. The fraction of sp³-hybridized carbons (Fsp3) is 0.638. The molecule has 0 spiro atoms. The van der Waals surface area contributed by atoms with Gasteiger partial charge >= 0.3 is 6.09 Å². The fourth-order valence-electron chi connectivity index (χ4n) is 8.60. The summed E-state index contributed by atoms with van der Waals surface area (Å²) in [5, 5.41) is 16.8. The maximum Gasteiger partial charge on any atom is 0.410 e. The van der Waals surface area contributed by atoms with Gasteiger partial charge in [0.25, 0.3) is 0 Å². The molecule has 0 radical (unpaired) electrons. The van der Waals surface area contributed by atoms with Crippen LogP contribution in [-0.2, 0) is 40.0 Å². The molecule has 15 nitrogen and oxygen atoms in total. The molecule has 2 aromatic rings. The summed E-state index contributed by atoms with van der Waals surface area (Å²) in [5.41, 5.74) is 2.40. The third kappa shape index (κ3) is 14.2. The number of benzene rings is 2. The van der Waals surface area contributed by atoms with Gasteiger partial charge in [-0.2, -0.15) is 0 Å². The number of aliphatic hydroxyl groups excluding tert-OH is 1. The van der Waals surface area contributed by atoms with Crippen molar-refractivity contribution in [2.75, 3.05) is 38.4 Å². The molecule has 3 rings (SSSR count). The molecule has 1 aliphatic rings. The summed E-state index contributed by atoms with van der Waals surface area (Å²) >= 11 is 2.04. The summed E-state index contributed by atoms with van der Waals surface area (Å²) in [7, 11) is 6.27. The van der Waals surface area contributed by atoms with Crippen LogP contribution in [0.3, 0.4) is 0 Å². The molecule has 4 N–H and O–H groups in total. The largest absolute Gasteiger partial charge is 0.445 e. The van der Waals surface area contributed by atoms with E-state index in [9.17, 15) is 29.1 Å². The van der Waals surface area contributed by atoms with Crippen LogP contribution in [0.4, 0.5) is 10.5 Å². The van der Waals surface area contributed by atoms with Crippen molar-refractivity contribution in [1.29, 1.82) is 0 Å². The van der Waals surface area contributed by atoms with E-state index in [1.54, 1.807) is 30.7 Å². The van der Waals surface area contributed by atoms with E-state index in [-0.39, 0.29) is 54.5 Å². The zero-order chi connectivity index (χ0) is 47.1. The number of ether oxygens (including phenoxy) is 3. The van der Waals surface area contributed by atoms with Crippen LogP contribution in [0.5, 0.6) is 0 Å². The fourth-order valence-corrected chi connectivity index (χ4v) is 8.96. The van der Waals surface area contributed by atoms with Crippen LogP contribution in [0.1, 0.15) is 98.3 Å². The Morgan fingerprint density at radius 3 is 2.03 bits per heavy atom. The Kier molecular flexibility index (Phi) is 21.6. The van der Waals surface area contributed by atoms with Gasteiger partial charge in [-0.25, -0.2) is 4.79 Å². The number of amides is 5. The van der Waals surface area contributed by atoms with Crippen LogP contribution in [0.25, 0.3) is 0 Å². The van der Waals surface area contributed by atoms with E-state index in [1.807, 2.05) is 119 Å². The Morgan fingerprint density at radius 2 is 1.49 bits per heavy atom. The maximum absolute atomic E-state index is 14.5. The van der Waals surface area contributed by atoms with E-state index >= 15 is 0 Å². The highest BCUT2D eigenvalue weighted by Crippen LogP contribution is 2.30. The third-order valence-electron chi connectivity index (χ3n) is 12.5. The van der Waals surface area contributed by atoms with Crippen molar-refractivity contribution in [2.24, 2.45) is 23.7 Å². The smallest absolute Gasteiger partial charge is 0.410 e. The van der Waals surface area contributed by atoms with E-state index in [0.717, 1.165) is 17.7 Å². The third-order valence-corrected chi connectivity index (χ3v) is 13.1. The monoisotopic (exact) mass is 992 g/mol. The zero-order valence-corrected chi connectivity index (χ0v) is 41.5. The summed E-state index contributed by atoms with van der Waals surface area (Å²) in [6, 6.07) is 13.2. The molecule has 1 heterocycles. The lowest BCUT2D eigenvalue weighted by Crippen LogP contribution is -2.60. The van der Waals surface area contributed by atoms with Crippen LogP contribution in [-0.4, -0.2) is 127 Å². The molecule has 0 aromatic heterocycles. The Bertz CT molecular complexity index is 1770. The number of likely N-dealkylation sites (tertiary alicyclic amines) is 1. The first kappa shape index (κ1) is 53.3. The standard InChI is InChI=1S/C47H73IN6O9/c1-13-30(6)41(52(9)46(59)39(28(2)3)50-45(58)40(29(4)5)53(10)47(60)63-27-33-21-23-35(51-48)24-22-33)37(61-11)26-38(55)54-25-17-20-36(54)43(62-12)31(7)44(57)49-32(8)42(56)34-18-15-14-16-19-34/h14-16,18-19,21-24,28-32,36-37,39-43,51,56H,13,17,20,25-27H2,1-12H3,(H,49,57)(H,50,58)/t30-,31+,32+,36-,37?,39-,40-,41-,42+,43+/m0/s1. The summed E-state index contributed by atoms with van der Waals surface area (Å²) in [6.07, 6.45) is -0.876. The molecule has 1 unspecified atom stereocenters. The highest BCUT2D eigenvalue weighted by atomic mass is 127. The number of anilines is 1. The highest BCUT2D eigenvalue weighted by Gasteiger charge is 2.43. The van der Waals surface area contributed by atoms with Gasteiger partial charge in [0.2, 0.25) is 23.6 Å². The van der Waals surface area contributed by atoms with Gasteiger partial charge in [0.05, 0.1) is 71.6 Å². The van der Waals surface area contributed by atoms with E-state index in [2.05, 4.69) is 14.2 Å². The molecule has 63 heavy (non-hydrogen) atoms. The molecular formula is C47H73IN6O9. The maximum atomic E-state index is 14.5. The number of nitrogens with zero attached hydrogens (tertiary/aromatic N) is 3. The van der Waals surface area contributed by atoms with Gasteiger partial charge in [0.1, 0.15) is 18.7 Å². The van der Waals surface area contributed by atoms with Crippen molar-refractivity contribution < 1.29 is 43.3 Å². The molecule has 1 aliphatic heterocycles. The van der Waals surface area contributed by atoms with Gasteiger partial charge in [-0.3, -0.25) is 24.1 Å². The predicted octanol–water partition coefficient (Wildman–Crippen LogP) is 6.34. The summed E-state index contributed by atoms with van der Waals surface area (Å²) in [6.45, 7) is 15.4. The molecule has 10 atom stereocenters. The second-order valence-corrected chi connectivity index (χ2v) is 18.2. The zero-order valence-electron chi connectivity index (χ0n) is 39.3. The van der Waals surface area contributed by atoms with Gasteiger partial charge in [-0.05, 0) is 60.8 Å². The van der Waals surface area contributed by atoms with Gasteiger partial charge in [0.15, 0.2) is 0 Å². The van der Waals surface area contributed by atoms with E-state index in [1.165, 1.54) is 26.2 Å². The first-order valence-corrected chi connectivity index (χ1v) is 23.2. The molecule has 0 aliphatic carbocycles. The normalized spacial score (nSPS) is 18.3. The summed E-state index contributed by atoms with van der Waals surface area (Å²) in [5.74, 6) is -2.68. The minimum Gasteiger partial charge on any atom is -0.445 e. The van der Waals surface area contributed by atoms with Crippen molar-refractivity contribution in [2.45, 2.75) is 136 Å². The molecule has 5 amide bonds. The SMILES string of the molecule is CC[C@H](C)[C@@H](C(CC(=O)N1CCC[C@H]1[C@H](OC)[C@@H](C)C(=O)N[C@H](C)[C@@H](O)c1ccccc1)OC)N(C)C(=O)[C@@H](NC(=O)[C@H](C(C)C)N(C)C(=O)OCc1ccc(NI)cc1)C(C)C.